The zero-order valence-corrected chi connectivity index (χ0v) is 18.5. The van der Waals surface area contributed by atoms with Crippen LogP contribution in [0.3, 0.4) is 0 Å². The highest BCUT2D eigenvalue weighted by Crippen LogP contribution is 2.32. The number of aryl methyl sites for hydroxylation is 1. The lowest BCUT2D eigenvalue weighted by atomic mass is 10.1. The lowest BCUT2D eigenvalue weighted by Crippen LogP contribution is -2.21. The third-order valence-electron chi connectivity index (χ3n) is 5.49. The molecule has 2 aliphatic rings. The number of fused-ring (bicyclic) bond motifs is 3. The molecule has 3 aromatic carbocycles. The molecule has 1 aliphatic heterocycles. The van der Waals surface area contributed by atoms with Gasteiger partial charge in [0.1, 0.15) is 14.1 Å². The van der Waals surface area contributed by atoms with E-state index in [1.165, 1.54) is 0 Å². The summed E-state index contributed by atoms with van der Waals surface area (Å²) in [7, 11) is 4.06. The van der Waals surface area contributed by atoms with E-state index in [9.17, 15) is 4.79 Å². The quantitative estimate of drug-likeness (QED) is 0.315. The molecule has 0 aromatic heterocycles. The number of hydrogen-bond donors (Lipinski definition) is 1. The first-order valence-corrected chi connectivity index (χ1v) is 11.0. The average Bonchev–Trinajstić information content (AvgIpc) is 2.77. The summed E-state index contributed by atoms with van der Waals surface area (Å²) < 4.78 is 3.13. The molecule has 3 aromatic rings. The maximum absolute atomic E-state index is 12.9. The minimum absolute atomic E-state index is 0.109. The van der Waals surface area contributed by atoms with Crippen LogP contribution in [0.4, 0.5) is 5.69 Å². The number of rotatable bonds is 2. The number of amides is 1. The molecule has 0 saturated carbocycles. The molecule has 5 rings (SSSR count). The number of carbonyl (C=O) groups is 1. The molecule has 1 amide bonds. The fraction of sp³-hybridized carbons (Fsp3) is 0.115. The molecular weight excluding hydrogens is 402 g/mol. The molecule has 0 radical (unpaired) electrons. The summed E-state index contributed by atoms with van der Waals surface area (Å²) in [5.74, 6) is -0.109. The molecule has 31 heavy (non-hydrogen) atoms. The molecule has 0 saturated heterocycles. The first-order valence-electron chi connectivity index (χ1n) is 10.1. The van der Waals surface area contributed by atoms with Crippen molar-refractivity contribution >= 4 is 43.9 Å². The van der Waals surface area contributed by atoms with Crippen LogP contribution < -0.4 is 15.2 Å². The monoisotopic (exact) mass is 424 g/mol. The number of carbonyl (C=O) groups excluding carboxylic acids is 1. The van der Waals surface area contributed by atoms with E-state index >= 15 is 0 Å². The number of nitrogens with one attached hydrogen (secondary N) is 1. The van der Waals surface area contributed by atoms with Crippen LogP contribution in [0.1, 0.15) is 15.9 Å². The van der Waals surface area contributed by atoms with Gasteiger partial charge in [-0.1, -0.05) is 30.3 Å². The summed E-state index contributed by atoms with van der Waals surface area (Å²) in [6.45, 7) is 2.00. The van der Waals surface area contributed by atoms with Crippen molar-refractivity contribution in [1.29, 1.82) is 0 Å². The SMILES string of the molecule is Cc1cc2nc3ccc(=[N+](C)C)cc-3sc2cc1NC(=O)c1ccc2ccccc2c1. The highest BCUT2D eigenvalue weighted by Gasteiger charge is 2.13. The minimum Gasteiger partial charge on any atom is -0.322 e. The standard InChI is InChI=1S/C26H21N3OS/c1-16-12-23-25(31-24-14-20(29(2)3)10-11-21(24)27-23)15-22(16)28-26(30)19-9-8-17-6-4-5-7-18(17)13-19/h4-15H,1-3H3/p+1. The topological polar surface area (TPSA) is 45.0 Å². The maximum Gasteiger partial charge on any atom is 0.255 e. The average molecular weight is 425 g/mol. The van der Waals surface area contributed by atoms with Crippen LogP contribution >= 0.6 is 11.3 Å². The molecule has 4 nitrogen and oxygen atoms in total. The molecule has 1 aliphatic carbocycles. The Morgan fingerprint density at radius 1 is 0.935 bits per heavy atom. The number of anilines is 1. The predicted molar refractivity (Wildman–Crippen MR) is 130 cm³/mol. The first kappa shape index (κ1) is 19.4. The van der Waals surface area contributed by atoms with Crippen molar-refractivity contribution in [2.24, 2.45) is 0 Å². The summed E-state index contributed by atoms with van der Waals surface area (Å²) >= 11 is 1.69. The summed E-state index contributed by atoms with van der Waals surface area (Å²) in [5.41, 5.74) is 4.37. The molecule has 1 heterocycles. The largest absolute Gasteiger partial charge is 0.322 e. The van der Waals surface area contributed by atoms with Crippen molar-refractivity contribution < 1.29 is 4.79 Å². The maximum atomic E-state index is 12.9. The van der Waals surface area contributed by atoms with Gasteiger partial charge in [-0.3, -0.25) is 4.79 Å². The fourth-order valence-electron chi connectivity index (χ4n) is 3.70. The molecule has 152 valence electrons. The van der Waals surface area contributed by atoms with Crippen LogP contribution in [-0.4, -0.2) is 25.0 Å². The number of hydrogen-bond acceptors (Lipinski definition) is 3. The van der Waals surface area contributed by atoms with E-state index in [0.29, 0.717) is 5.56 Å². The van der Waals surface area contributed by atoms with Gasteiger partial charge in [0.25, 0.3) is 5.91 Å². The highest BCUT2D eigenvalue weighted by atomic mass is 32.1. The summed E-state index contributed by atoms with van der Waals surface area (Å²) in [4.78, 5) is 18.9. The van der Waals surface area contributed by atoms with E-state index in [-0.39, 0.29) is 5.91 Å². The van der Waals surface area contributed by atoms with Crippen molar-refractivity contribution in [2.75, 3.05) is 19.4 Å². The zero-order valence-electron chi connectivity index (χ0n) is 17.6. The molecule has 5 heteroatoms. The number of benzene rings is 4. The smallest absolute Gasteiger partial charge is 0.255 e. The second-order valence-electron chi connectivity index (χ2n) is 7.91. The predicted octanol–water partition coefficient (Wildman–Crippen LogP) is 5.15. The van der Waals surface area contributed by atoms with Gasteiger partial charge < -0.3 is 5.32 Å². The van der Waals surface area contributed by atoms with Crippen LogP contribution in [-0.2, 0) is 0 Å². The number of aromatic nitrogens is 1. The summed E-state index contributed by atoms with van der Waals surface area (Å²) in [6, 6.07) is 24.2. The van der Waals surface area contributed by atoms with Gasteiger partial charge in [-0.25, -0.2) is 9.56 Å². The van der Waals surface area contributed by atoms with Crippen LogP contribution in [0.15, 0.2) is 72.8 Å². The molecule has 0 unspecified atom stereocenters. The van der Waals surface area contributed by atoms with Gasteiger partial charge in [0.2, 0.25) is 5.36 Å². The normalized spacial score (nSPS) is 11.2. The fourth-order valence-corrected chi connectivity index (χ4v) is 4.73. The molecule has 0 spiro atoms. The second-order valence-corrected chi connectivity index (χ2v) is 9.00. The van der Waals surface area contributed by atoms with Gasteiger partial charge in [-0.2, -0.15) is 0 Å². The van der Waals surface area contributed by atoms with Crippen molar-refractivity contribution in [3.8, 4) is 10.6 Å². The van der Waals surface area contributed by atoms with Crippen LogP contribution in [0.25, 0.3) is 31.6 Å². The van der Waals surface area contributed by atoms with Gasteiger partial charge in [0.05, 0.1) is 20.8 Å². The number of nitrogens with zero attached hydrogens (tertiary/aromatic N) is 2. The molecule has 0 bridgehead atoms. The highest BCUT2D eigenvalue weighted by molar-refractivity contribution is 7.21. The molecule has 0 fully saturated rings. The summed E-state index contributed by atoms with van der Waals surface area (Å²) in [5, 5.41) is 6.41. The Kier molecular flexibility index (Phi) is 4.75. The van der Waals surface area contributed by atoms with E-state index in [1.807, 2.05) is 75.6 Å². The Morgan fingerprint density at radius 3 is 2.55 bits per heavy atom. The van der Waals surface area contributed by atoms with Crippen molar-refractivity contribution in [1.82, 2.24) is 9.56 Å². The third kappa shape index (κ3) is 3.68. The van der Waals surface area contributed by atoms with Gasteiger partial charge in [-0.15, -0.1) is 11.3 Å². The lowest BCUT2D eigenvalue weighted by molar-refractivity contribution is 0.102. The first-order chi connectivity index (χ1) is 15.0. The lowest BCUT2D eigenvalue weighted by Gasteiger charge is -2.12. The van der Waals surface area contributed by atoms with Crippen LogP contribution in [0.2, 0.25) is 0 Å². The van der Waals surface area contributed by atoms with Crippen molar-refractivity contribution in [3.63, 3.8) is 0 Å². The van der Waals surface area contributed by atoms with E-state index in [1.54, 1.807) is 11.3 Å². The van der Waals surface area contributed by atoms with E-state index in [2.05, 4.69) is 28.1 Å². The van der Waals surface area contributed by atoms with Gasteiger partial charge >= 0.3 is 0 Å². The Balaban J connectivity index is 1.54. The van der Waals surface area contributed by atoms with Crippen LogP contribution in [0.5, 0.6) is 0 Å². The Bertz CT molecular complexity index is 1510. The van der Waals surface area contributed by atoms with Crippen molar-refractivity contribution in [2.45, 2.75) is 6.92 Å². The van der Waals surface area contributed by atoms with Gasteiger partial charge in [-0.05, 0) is 53.6 Å². The van der Waals surface area contributed by atoms with E-state index in [0.717, 1.165) is 48.2 Å². The molecule has 0 atom stereocenters. The Hall–Kier alpha value is -3.57. The van der Waals surface area contributed by atoms with Gasteiger partial charge in [0.15, 0.2) is 0 Å². The summed E-state index contributed by atoms with van der Waals surface area (Å²) in [6.07, 6.45) is 0. The zero-order chi connectivity index (χ0) is 21.5. The Morgan fingerprint density at radius 2 is 1.74 bits per heavy atom. The Labute approximate surface area is 184 Å². The van der Waals surface area contributed by atoms with E-state index in [4.69, 9.17) is 4.98 Å². The molecular formula is C26H22N3OS+. The third-order valence-corrected chi connectivity index (χ3v) is 6.58. The van der Waals surface area contributed by atoms with Crippen LogP contribution in [0, 0.1) is 6.92 Å². The van der Waals surface area contributed by atoms with E-state index < -0.39 is 0 Å². The van der Waals surface area contributed by atoms with Gasteiger partial charge in [0, 0.05) is 23.4 Å². The van der Waals surface area contributed by atoms with Crippen molar-refractivity contribution in [3.05, 3.63) is 89.3 Å². The second kappa shape index (κ2) is 7.60. The minimum atomic E-state index is -0.109. The molecule has 1 N–H and O–H groups in total.